The van der Waals surface area contributed by atoms with Crippen molar-refractivity contribution in [1.29, 1.82) is 0 Å². The third kappa shape index (κ3) is 3.14. The monoisotopic (exact) mass is 272 g/mol. The molecular weight excluding hydrogens is 248 g/mol. The molecule has 2 aliphatic rings. The number of rotatable bonds is 3. The van der Waals surface area contributed by atoms with Gasteiger partial charge in [0.1, 0.15) is 0 Å². The minimum Gasteiger partial charge on any atom is -0.372 e. The van der Waals surface area contributed by atoms with Gasteiger partial charge in [-0.25, -0.2) is 0 Å². The average Bonchev–Trinajstić information content (AvgIpc) is 3.03. The summed E-state index contributed by atoms with van der Waals surface area (Å²) in [5.41, 5.74) is 2.04. The van der Waals surface area contributed by atoms with E-state index in [1.807, 2.05) is 12.1 Å². The molecule has 2 fully saturated rings. The van der Waals surface area contributed by atoms with E-state index in [1.54, 1.807) is 0 Å². The number of hydrogen-bond acceptors (Lipinski definition) is 2. The van der Waals surface area contributed by atoms with Gasteiger partial charge in [0, 0.05) is 30.4 Å². The maximum atomic E-state index is 12.2. The van der Waals surface area contributed by atoms with Crippen molar-refractivity contribution in [3.05, 3.63) is 29.8 Å². The molecule has 1 heterocycles. The van der Waals surface area contributed by atoms with Crippen LogP contribution in [0.4, 0.5) is 5.69 Å². The molecule has 0 radical (unpaired) electrons. The van der Waals surface area contributed by atoms with E-state index in [0.29, 0.717) is 6.04 Å². The lowest BCUT2D eigenvalue weighted by Gasteiger charge is -2.23. The zero-order valence-electron chi connectivity index (χ0n) is 12.1. The molecule has 0 bridgehead atoms. The minimum atomic E-state index is 0.0878. The zero-order chi connectivity index (χ0) is 13.8. The highest BCUT2D eigenvalue weighted by Crippen LogP contribution is 2.21. The Morgan fingerprint density at radius 1 is 0.950 bits per heavy atom. The third-order valence-corrected chi connectivity index (χ3v) is 4.54. The van der Waals surface area contributed by atoms with Gasteiger partial charge in [-0.15, -0.1) is 0 Å². The lowest BCUT2D eigenvalue weighted by molar-refractivity contribution is 0.0928. The van der Waals surface area contributed by atoms with Crippen LogP contribution in [0.25, 0.3) is 0 Å². The molecule has 1 saturated heterocycles. The molecule has 0 aromatic heterocycles. The van der Waals surface area contributed by atoms with Crippen LogP contribution in [0.3, 0.4) is 0 Å². The van der Waals surface area contributed by atoms with Gasteiger partial charge in [-0.1, -0.05) is 19.3 Å². The fraction of sp³-hybridized carbons (Fsp3) is 0.588. The number of anilines is 1. The first-order valence-corrected chi connectivity index (χ1v) is 7.99. The van der Waals surface area contributed by atoms with Crippen LogP contribution >= 0.6 is 0 Å². The zero-order valence-corrected chi connectivity index (χ0v) is 12.1. The predicted octanol–water partition coefficient (Wildman–Crippen LogP) is 3.35. The van der Waals surface area contributed by atoms with E-state index >= 15 is 0 Å². The molecule has 1 saturated carbocycles. The van der Waals surface area contributed by atoms with Crippen molar-refractivity contribution >= 4 is 11.6 Å². The fourth-order valence-electron chi connectivity index (χ4n) is 3.31. The van der Waals surface area contributed by atoms with Crippen molar-refractivity contribution < 1.29 is 4.79 Å². The number of carbonyl (C=O) groups is 1. The molecule has 1 aliphatic carbocycles. The van der Waals surface area contributed by atoms with Crippen molar-refractivity contribution in [3.8, 4) is 0 Å². The maximum absolute atomic E-state index is 12.2. The Bertz CT molecular complexity index is 443. The molecule has 0 spiro atoms. The summed E-state index contributed by atoms with van der Waals surface area (Å²) in [6, 6.07) is 8.48. The molecule has 20 heavy (non-hydrogen) atoms. The molecule has 1 aliphatic heterocycles. The second-order valence-electron chi connectivity index (χ2n) is 6.05. The van der Waals surface area contributed by atoms with E-state index < -0.39 is 0 Å². The molecule has 1 amide bonds. The number of hydrogen-bond donors (Lipinski definition) is 1. The van der Waals surface area contributed by atoms with Crippen LogP contribution in [0.1, 0.15) is 55.3 Å². The van der Waals surface area contributed by atoms with Gasteiger partial charge in [-0.05, 0) is 49.9 Å². The summed E-state index contributed by atoms with van der Waals surface area (Å²) in [4.78, 5) is 14.6. The first kappa shape index (κ1) is 13.5. The van der Waals surface area contributed by atoms with Gasteiger partial charge in [-0.2, -0.15) is 0 Å². The molecule has 108 valence electrons. The minimum absolute atomic E-state index is 0.0878. The summed E-state index contributed by atoms with van der Waals surface area (Å²) in [7, 11) is 0. The lowest BCUT2D eigenvalue weighted by atomic mass is 9.95. The Labute approximate surface area is 121 Å². The van der Waals surface area contributed by atoms with Crippen LogP contribution in [-0.2, 0) is 0 Å². The van der Waals surface area contributed by atoms with Crippen molar-refractivity contribution in [2.24, 2.45) is 0 Å². The average molecular weight is 272 g/mol. The normalized spacial score (nSPS) is 20.1. The third-order valence-electron chi connectivity index (χ3n) is 4.54. The predicted molar refractivity (Wildman–Crippen MR) is 82.2 cm³/mol. The van der Waals surface area contributed by atoms with Crippen LogP contribution in [0.15, 0.2) is 24.3 Å². The Morgan fingerprint density at radius 3 is 2.25 bits per heavy atom. The van der Waals surface area contributed by atoms with E-state index in [-0.39, 0.29) is 5.91 Å². The van der Waals surface area contributed by atoms with Gasteiger partial charge >= 0.3 is 0 Å². The molecule has 3 rings (SSSR count). The molecule has 3 heteroatoms. The van der Waals surface area contributed by atoms with Crippen molar-refractivity contribution in [3.63, 3.8) is 0 Å². The quantitative estimate of drug-likeness (QED) is 0.915. The summed E-state index contributed by atoms with van der Waals surface area (Å²) >= 11 is 0. The molecule has 0 atom stereocenters. The summed E-state index contributed by atoms with van der Waals surface area (Å²) < 4.78 is 0. The summed E-state index contributed by atoms with van der Waals surface area (Å²) in [6.07, 6.45) is 8.65. The van der Waals surface area contributed by atoms with Gasteiger partial charge in [-0.3, -0.25) is 4.79 Å². The van der Waals surface area contributed by atoms with Crippen LogP contribution in [0.5, 0.6) is 0 Å². The molecule has 1 aromatic rings. The SMILES string of the molecule is O=C(NC1CCCCC1)c1ccc(N2CCCC2)cc1. The second kappa shape index (κ2) is 6.29. The highest BCUT2D eigenvalue weighted by Gasteiger charge is 2.17. The number of nitrogens with one attached hydrogen (secondary N) is 1. The summed E-state index contributed by atoms with van der Waals surface area (Å²) in [5.74, 6) is 0.0878. The smallest absolute Gasteiger partial charge is 0.251 e. The van der Waals surface area contributed by atoms with Crippen molar-refractivity contribution in [2.75, 3.05) is 18.0 Å². The van der Waals surface area contributed by atoms with Gasteiger partial charge in [0.2, 0.25) is 0 Å². The van der Waals surface area contributed by atoms with Crippen LogP contribution < -0.4 is 10.2 Å². The number of nitrogens with zero attached hydrogens (tertiary/aromatic N) is 1. The molecule has 1 aromatic carbocycles. The van der Waals surface area contributed by atoms with E-state index in [2.05, 4.69) is 22.3 Å². The number of carbonyl (C=O) groups excluding carboxylic acids is 1. The van der Waals surface area contributed by atoms with Crippen LogP contribution in [0, 0.1) is 0 Å². The van der Waals surface area contributed by atoms with Crippen molar-refractivity contribution in [1.82, 2.24) is 5.32 Å². The van der Waals surface area contributed by atoms with Crippen LogP contribution in [0.2, 0.25) is 0 Å². The van der Waals surface area contributed by atoms with E-state index in [4.69, 9.17) is 0 Å². The van der Waals surface area contributed by atoms with Gasteiger partial charge in [0.15, 0.2) is 0 Å². The highest BCUT2D eigenvalue weighted by molar-refractivity contribution is 5.94. The first-order chi connectivity index (χ1) is 9.83. The van der Waals surface area contributed by atoms with Gasteiger partial charge in [0.25, 0.3) is 5.91 Å². The Morgan fingerprint density at radius 2 is 1.60 bits per heavy atom. The Hall–Kier alpha value is -1.51. The van der Waals surface area contributed by atoms with Gasteiger partial charge in [0.05, 0.1) is 0 Å². The largest absolute Gasteiger partial charge is 0.372 e. The van der Waals surface area contributed by atoms with E-state index in [1.165, 1.54) is 37.8 Å². The topological polar surface area (TPSA) is 32.3 Å². The summed E-state index contributed by atoms with van der Waals surface area (Å²) in [5, 5.41) is 3.17. The number of amides is 1. The Kier molecular flexibility index (Phi) is 4.24. The maximum Gasteiger partial charge on any atom is 0.251 e. The lowest BCUT2D eigenvalue weighted by Crippen LogP contribution is -2.36. The van der Waals surface area contributed by atoms with Crippen LogP contribution in [-0.4, -0.2) is 25.0 Å². The number of benzene rings is 1. The Balaban J connectivity index is 1.59. The molecule has 3 nitrogen and oxygen atoms in total. The molecular formula is C17H24N2O. The molecule has 1 N–H and O–H groups in total. The summed E-state index contributed by atoms with van der Waals surface area (Å²) in [6.45, 7) is 2.29. The fourth-order valence-corrected chi connectivity index (χ4v) is 3.31. The van der Waals surface area contributed by atoms with Gasteiger partial charge < -0.3 is 10.2 Å². The first-order valence-electron chi connectivity index (χ1n) is 7.99. The second-order valence-corrected chi connectivity index (χ2v) is 6.05. The molecule has 0 unspecified atom stereocenters. The highest BCUT2D eigenvalue weighted by atomic mass is 16.1. The van der Waals surface area contributed by atoms with E-state index in [9.17, 15) is 4.79 Å². The standard InChI is InChI=1S/C17H24N2O/c20-17(18-15-6-2-1-3-7-15)14-8-10-16(11-9-14)19-12-4-5-13-19/h8-11,15H,1-7,12-13H2,(H,18,20). The van der Waals surface area contributed by atoms with E-state index in [0.717, 1.165) is 31.5 Å². The van der Waals surface area contributed by atoms with Crippen molar-refractivity contribution in [2.45, 2.75) is 51.0 Å².